The van der Waals surface area contributed by atoms with Crippen LogP contribution < -0.4 is 10.4 Å². The van der Waals surface area contributed by atoms with Crippen molar-refractivity contribution in [2.75, 3.05) is 29.8 Å². The summed E-state index contributed by atoms with van der Waals surface area (Å²) in [5.74, 6) is -0.446. The highest BCUT2D eigenvalue weighted by Crippen LogP contribution is 2.23. The van der Waals surface area contributed by atoms with E-state index in [9.17, 15) is 17.6 Å². The largest absolute Gasteiger partial charge is 0.299 e. The van der Waals surface area contributed by atoms with Crippen LogP contribution in [0.2, 0.25) is 0 Å². The SMILES string of the molecule is CS(=O)(=O)C1CCN(Cc2cc(F)cc(N(C=O)Nc3cccnc3)c2)CC1. The quantitative estimate of drug-likeness (QED) is 0.561. The summed E-state index contributed by atoms with van der Waals surface area (Å²) >= 11 is 0. The monoisotopic (exact) mass is 406 g/mol. The van der Waals surface area contributed by atoms with E-state index in [-0.39, 0.29) is 5.25 Å². The van der Waals surface area contributed by atoms with Crippen molar-refractivity contribution < 1.29 is 17.6 Å². The standard InChI is InChI=1S/C19H23FN4O3S/c1-28(26,27)19-4-7-23(8-5-19)13-15-9-16(20)11-18(10-15)24(14-25)22-17-3-2-6-21-12-17/h2-3,6,9-12,14,19,22H,4-5,7-8,13H2,1H3. The van der Waals surface area contributed by atoms with Crippen LogP contribution in [0.15, 0.2) is 42.7 Å². The van der Waals surface area contributed by atoms with E-state index in [0.29, 0.717) is 55.8 Å². The predicted molar refractivity (Wildman–Crippen MR) is 106 cm³/mol. The Labute approximate surface area is 164 Å². The van der Waals surface area contributed by atoms with Gasteiger partial charge < -0.3 is 0 Å². The smallest absolute Gasteiger partial charge is 0.232 e. The third kappa shape index (κ3) is 5.26. The first-order valence-electron chi connectivity index (χ1n) is 8.97. The van der Waals surface area contributed by atoms with Crippen LogP contribution in [-0.2, 0) is 21.2 Å². The molecule has 1 aliphatic heterocycles. The number of sulfone groups is 1. The number of piperidine rings is 1. The topological polar surface area (TPSA) is 82.6 Å². The fourth-order valence-electron chi connectivity index (χ4n) is 3.34. The summed E-state index contributed by atoms with van der Waals surface area (Å²) in [4.78, 5) is 17.6. The summed E-state index contributed by atoms with van der Waals surface area (Å²) in [5.41, 5.74) is 4.57. The van der Waals surface area contributed by atoms with Gasteiger partial charge in [0.25, 0.3) is 0 Å². The Morgan fingerprint density at radius 1 is 1.32 bits per heavy atom. The van der Waals surface area contributed by atoms with Crippen LogP contribution in [0.25, 0.3) is 0 Å². The molecule has 3 rings (SSSR count). The molecular weight excluding hydrogens is 383 g/mol. The van der Waals surface area contributed by atoms with Gasteiger partial charge in [0.15, 0.2) is 0 Å². The number of carbonyl (C=O) groups is 1. The van der Waals surface area contributed by atoms with Crippen LogP contribution in [0.5, 0.6) is 0 Å². The first kappa shape index (κ1) is 20.2. The minimum atomic E-state index is -3.03. The fraction of sp³-hybridized carbons (Fsp3) is 0.368. The molecule has 2 heterocycles. The molecule has 0 saturated carbocycles. The van der Waals surface area contributed by atoms with E-state index < -0.39 is 15.7 Å². The zero-order valence-electron chi connectivity index (χ0n) is 15.6. The molecule has 1 aromatic heterocycles. The third-order valence-electron chi connectivity index (χ3n) is 4.78. The average molecular weight is 406 g/mol. The van der Waals surface area contributed by atoms with Gasteiger partial charge in [-0.3, -0.25) is 20.1 Å². The number of likely N-dealkylation sites (tertiary alicyclic amines) is 1. The molecular formula is C19H23FN4O3S. The lowest BCUT2D eigenvalue weighted by Gasteiger charge is -2.31. The van der Waals surface area contributed by atoms with E-state index in [2.05, 4.69) is 15.3 Å². The number of anilines is 2. The van der Waals surface area contributed by atoms with Crippen molar-refractivity contribution in [1.29, 1.82) is 0 Å². The van der Waals surface area contributed by atoms with Crippen molar-refractivity contribution in [3.63, 3.8) is 0 Å². The highest BCUT2D eigenvalue weighted by molar-refractivity contribution is 7.91. The second-order valence-corrected chi connectivity index (χ2v) is 9.28. The summed E-state index contributed by atoms with van der Waals surface area (Å²) < 4.78 is 37.5. The van der Waals surface area contributed by atoms with Gasteiger partial charge in [-0.25, -0.2) is 17.8 Å². The molecule has 0 bridgehead atoms. The minimum Gasteiger partial charge on any atom is -0.299 e. The van der Waals surface area contributed by atoms with Gasteiger partial charge in [-0.05, 0) is 61.8 Å². The summed E-state index contributed by atoms with van der Waals surface area (Å²) in [6.45, 7) is 1.75. The highest BCUT2D eigenvalue weighted by atomic mass is 32.2. The summed E-state index contributed by atoms with van der Waals surface area (Å²) in [6, 6.07) is 7.91. The van der Waals surface area contributed by atoms with E-state index >= 15 is 0 Å². The van der Waals surface area contributed by atoms with Gasteiger partial charge >= 0.3 is 0 Å². The number of hydrogen-bond acceptors (Lipinski definition) is 6. The maximum Gasteiger partial charge on any atom is 0.232 e. The van der Waals surface area contributed by atoms with Gasteiger partial charge in [0.2, 0.25) is 6.41 Å². The Morgan fingerprint density at radius 3 is 2.68 bits per heavy atom. The number of halogens is 1. The zero-order chi connectivity index (χ0) is 20.1. The van der Waals surface area contributed by atoms with Crippen molar-refractivity contribution in [3.05, 3.63) is 54.1 Å². The van der Waals surface area contributed by atoms with Crippen LogP contribution in [0, 0.1) is 5.82 Å². The van der Waals surface area contributed by atoms with Crippen LogP contribution in [-0.4, -0.2) is 49.3 Å². The number of nitrogens with zero attached hydrogens (tertiary/aromatic N) is 3. The molecule has 9 heteroatoms. The summed E-state index contributed by atoms with van der Waals surface area (Å²) in [5, 5.41) is 0.889. The van der Waals surface area contributed by atoms with E-state index in [1.165, 1.54) is 23.4 Å². The molecule has 28 heavy (non-hydrogen) atoms. The second-order valence-electron chi connectivity index (χ2n) is 6.95. The van der Waals surface area contributed by atoms with Gasteiger partial charge in [0.1, 0.15) is 15.7 Å². The molecule has 0 radical (unpaired) electrons. The summed E-state index contributed by atoms with van der Waals surface area (Å²) in [7, 11) is -3.03. The highest BCUT2D eigenvalue weighted by Gasteiger charge is 2.26. The Morgan fingerprint density at radius 2 is 2.07 bits per heavy atom. The molecule has 1 N–H and O–H groups in total. The molecule has 1 aliphatic rings. The Balaban J connectivity index is 1.70. The predicted octanol–water partition coefficient (Wildman–Crippen LogP) is 2.22. The number of benzene rings is 1. The number of nitrogens with one attached hydrogen (secondary N) is 1. The number of carbonyl (C=O) groups excluding carboxylic acids is 1. The lowest BCUT2D eigenvalue weighted by atomic mass is 10.1. The number of aromatic nitrogens is 1. The van der Waals surface area contributed by atoms with Crippen LogP contribution in [0.4, 0.5) is 15.8 Å². The molecule has 0 unspecified atom stereocenters. The Bertz CT molecular complexity index is 916. The molecule has 0 aliphatic carbocycles. The molecule has 1 amide bonds. The third-order valence-corrected chi connectivity index (χ3v) is 6.47. The number of amides is 1. The molecule has 2 aromatic rings. The summed E-state index contributed by atoms with van der Waals surface area (Å²) in [6.07, 6.45) is 6.17. The number of rotatable bonds is 7. The number of hydrogen-bond donors (Lipinski definition) is 1. The van der Waals surface area contributed by atoms with Gasteiger partial charge in [-0.15, -0.1) is 0 Å². The minimum absolute atomic E-state index is 0.305. The van der Waals surface area contributed by atoms with E-state index in [4.69, 9.17) is 0 Å². The Kier molecular flexibility index (Phi) is 6.25. The molecule has 150 valence electrons. The first-order valence-corrected chi connectivity index (χ1v) is 10.9. The van der Waals surface area contributed by atoms with Crippen LogP contribution in [0.3, 0.4) is 0 Å². The van der Waals surface area contributed by atoms with Crippen LogP contribution >= 0.6 is 0 Å². The van der Waals surface area contributed by atoms with Crippen molar-refractivity contribution >= 4 is 27.6 Å². The number of pyridine rings is 1. The van der Waals surface area contributed by atoms with Crippen molar-refractivity contribution in [2.45, 2.75) is 24.6 Å². The first-order chi connectivity index (χ1) is 13.3. The normalized spacial score (nSPS) is 15.9. The fourth-order valence-corrected chi connectivity index (χ4v) is 4.40. The molecule has 0 spiro atoms. The van der Waals surface area contributed by atoms with E-state index in [1.807, 2.05) is 0 Å². The van der Waals surface area contributed by atoms with Gasteiger partial charge in [0, 0.05) is 19.0 Å². The van der Waals surface area contributed by atoms with E-state index in [1.54, 1.807) is 30.6 Å². The maximum atomic E-state index is 14.2. The van der Waals surface area contributed by atoms with Crippen molar-refractivity contribution in [3.8, 4) is 0 Å². The van der Waals surface area contributed by atoms with E-state index in [0.717, 1.165) is 0 Å². The second kappa shape index (κ2) is 8.66. The molecule has 7 nitrogen and oxygen atoms in total. The van der Waals surface area contributed by atoms with Crippen molar-refractivity contribution in [2.24, 2.45) is 0 Å². The van der Waals surface area contributed by atoms with Gasteiger partial charge in [-0.2, -0.15) is 0 Å². The molecule has 1 saturated heterocycles. The van der Waals surface area contributed by atoms with Gasteiger partial charge in [0.05, 0.1) is 22.8 Å². The van der Waals surface area contributed by atoms with Crippen molar-refractivity contribution in [1.82, 2.24) is 9.88 Å². The maximum absolute atomic E-state index is 14.2. The zero-order valence-corrected chi connectivity index (χ0v) is 16.4. The van der Waals surface area contributed by atoms with Gasteiger partial charge in [-0.1, -0.05) is 0 Å². The number of hydrazine groups is 1. The average Bonchev–Trinajstić information content (AvgIpc) is 2.66. The molecule has 1 fully saturated rings. The molecule has 0 atom stereocenters. The Hall–Kier alpha value is -2.52. The lowest BCUT2D eigenvalue weighted by Crippen LogP contribution is -2.38. The molecule has 1 aromatic carbocycles. The lowest BCUT2D eigenvalue weighted by molar-refractivity contribution is -0.107. The van der Waals surface area contributed by atoms with Crippen LogP contribution in [0.1, 0.15) is 18.4 Å².